The summed E-state index contributed by atoms with van der Waals surface area (Å²) in [6.07, 6.45) is -4.62. The number of benzene rings is 2. The number of amides is 1. The van der Waals surface area contributed by atoms with E-state index in [1.165, 1.54) is 12.1 Å². The number of piperidine rings is 1. The lowest BCUT2D eigenvalue weighted by Crippen LogP contribution is -2.36. The molecule has 1 saturated carbocycles. The van der Waals surface area contributed by atoms with Gasteiger partial charge in [0.1, 0.15) is 12.4 Å². The number of nitrogens with zero attached hydrogens (tertiary/aromatic N) is 1. The Kier molecular flexibility index (Phi) is 8.94. The van der Waals surface area contributed by atoms with Crippen LogP contribution in [0.25, 0.3) is 0 Å². The summed E-state index contributed by atoms with van der Waals surface area (Å²) in [5.74, 6) is 0.837. The lowest BCUT2D eigenvalue weighted by atomic mass is 10.1. The molecule has 2 aliphatic rings. The topological polar surface area (TPSA) is 77.1 Å². The molecule has 2 aromatic rings. The van der Waals surface area contributed by atoms with Gasteiger partial charge in [0.15, 0.2) is 6.10 Å². The Morgan fingerprint density at radius 3 is 2.24 bits per heavy atom. The SMILES string of the molecule is CCOC(=O)[C@H](Cc1ccc(OCCNC2[C@H]3CN(C(=O)c4ccc(C(F)(F)F)cc4)C[C@@H]23)cc1)OCC. The molecule has 2 fully saturated rings. The molecule has 0 aromatic heterocycles. The van der Waals surface area contributed by atoms with Crippen LogP contribution < -0.4 is 10.1 Å². The van der Waals surface area contributed by atoms with Gasteiger partial charge in [0, 0.05) is 44.3 Å². The lowest BCUT2D eigenvalue weighted by Gasteiger charge is -2.20. The van der Waals surface area contributed by atoms with Crippen LogP contribution in [0.5, 0.6) is 5.75 Å². The van der Waals surface area contributed by atoms with Crippen molar-refractivity contribution in [1.29, 1.82) is 0 Å². The number of fused-ring (bicyclic) bond motifs is 1. The molecule has 1 amide bonds. The zero-order chi connectivity index (χ0) is 27.3. The van der Waals surface area contributed by atoms with Gasteiger partial charge in [-0.3, -0.25) is 4.79 Å². The van der Waals surface area contributed by atoms with E-state index in [9.17, 15) is 22.8 Å². The molecule has 4 rings (SSSR count). The number of rotatable bonds is 12. The number of alkyl halides is 3. The van der Waals surface area contributed by atoms with Crippen LogP contribution in [-0.2, 0) is 26.9 Å². The third-order valence-corrected chi connectivity index (χ3v) is 6.95. The highest BCUT2D eigenvalue weighted by Gasteiger charge is 2.56. The van der Waals surface area contributed by atoms with E-state index in [4.69, 9.17) is 14.2 Å². The van der Waals surface area contributed by atoms with E-state index in [2.05, 4.69) is 5.32 Å². The Hall–Kier alpha value is -3.11. The van der Waals surface area contributed by atoms with Crippen molar-refractivity contribution in [2.45, 2.75) is 38.6 Å². The number of carbonyl (C=O) groups is 2. The maximum absolute atomic E-state index is 12.7. The molecule has 4 atom stereocenters. The number of hydrogen-bond acceptors (Lipinski definition) is 6. The minimum Gasteiger partial charge on any atom is -0.492 e. The number of ether oxygens (including phenoxy) is 3. The molecular weight excluding hydrogens is 501 g/mol. The van der Waals surface area contributed by atoms with Crippen LogP contribution in [0.4, 0.5) is 13.2 Å². The first-order valence-electron chi connectivity index (χ1n) is 12.9. The number of likely N-dealkylation sites (tertiary alicyclic amines) is 1. The number of carbonyl (C=O) groups excluding carboxylic acids is 2. The number of esters is 1. The van der Waals surface area contributed by atoms with Gasteiger partial charge < -0.3 is 24.4 Å². The zero-order valence-electron chi connectivity index (χ0n) is 21.5. The van der Waals surface area contributed by atoms with Gasteiger partial charge in [-0.05, 0) is 67.6 Å². The molecule has 1 heterocycles. The van der Waals surface area contributed by atoms with Crippen molar-refractivity contribution in [3.05, 3.63) is 65.2 Å². The van der Waals surface area contributed by atoms with Crippen molar-refractivity contribution < 1.29 is 37.0 Å². The quantitative estimate of drug-likeness (QED) is 0.328. The van der Waals surface area contributed by atoms with Crippen molar-refractivity contribution >= 4 is 11.9 Å². The summed E-state index contributed by atoms with van der Waals surface area (Å²) >= 11 is 0. The summed E-state index contributed by atoms with van der Waals surface area (Å²) in [7, 11) is 0. The first-order chi connectivity index (χ1) is 18.2. The molecule has 0 bridgehead atoms. The molecule has 1 saturated heterocycles. The van der Waals surface area contributed by atoms with E-state index >= 15 is 0 Å². The summed E-state index contributed by atoms with van der Waals surface area (Å²) in [6.45, 7) is 6.66. The van der Waals surface area contributed by atoms with Gasteiger partial charge in [0.05, 0.1) is 12.2 Å². The molecule has 1 aliphatic carbocycles. The summed E-state index contributed by atoms with van der Waals surface area (Å²) in [6, 6.07) is 12.2. The van der Waals surface area contributed by atoms with Gasteiger partial charge in [0.2, 0.25) is 0 Å². The molecule has 10 heteroatoms. The van der Waals surface area contributed by atoms with Gasteiger partial charge in [-0.25, -0.2) is 4.79 Å². The predicted molar refractivity (Wildman–Crippen MR) is 134 cm³/mol. The molecule has 1 unspecified atom stereocenters. The molecule has 0 spiro atoms. The van der Waals surface area contributed by atoms with E-state index < -0.39 is 17.8 Å². The Labute approximate surface area is 220 Å². The van der Waals surface area contributed by atoms with Gasteiger partial charge >= 0.3 is 12.1 Å². The van der Waals surface area contributed by atoms with Gasteiger partial charge in [-0.2, -0.15) is 13.2 Å². The molecule has 206 valence electrons. The van der Waals surface area contributed by atoms with E-state index in [0.717, 1.165) is 23.4 Å². The largest absolute Gasteiger partial charge is 0.492 e. The second-order valence-corrected chi connectivity index (χ2v) is 9.49. The molecular formula is C28H33F3N2O5. The van der Waals surface area contributed by atoms with Crippen molar-refractivity contribution in [2.75, 3.05) is 39.5 Å². The lowest BCUT2D eigenvalue weighted by molar-refractivity contribution is -0.156. The van der Waals surface area contributed by atoms with E-state index in [-0.39, 0.29) is 17.4 Å². The minimum absolute atomic E-state index is 0.230. The van der Waals surface area contributed by atoms with E-state index in [0.29, 0.717) is 63.8 Å². The average Bonchev–Trinajstić information content (AvgIpc) is 3.34. The van der Waals surface area contributed by atoms with Crippen LogP contribution in [0.15, 0.2) is 48.5 Å². The molecule has 1 N–H and O–H groups in total. The Morgan fingerprint density at radius 2 is 1.66 bits per heavy atom. The van der Waals surface area contributed by atoms with Gasteiger partial charge in [0.25, 0.3) is 5.91 Å². The van der Waals surface area contributed by atoms with Crippen molar-refractivity contribution in [1.82, 2.24) is 10.2 Å². The fourth-order valence-corrected chi connectivity index (χ4v) is 4.96. The van der Waals surface area contributed by atoms with Gasteiger partial charge in [-0.15, -0.1) is 0 Å². The minimum atomic E-state index is -4.42. The number of halogens is 3. The maximum atomic E-state index is 12.7. The highest BCUT2D eigenvalue weighted by atomic mass is 19.4. The second-order valence-electron chi connectivity index (χ2n) is 9.49. The predicted octanol–water partition coefficient (Wildman–Crippen LogP) is 3.96. The van der Waals surface area contributed by atoms with Crippen LogP contribution in [0, 0.1) is 11.8 Å². The van der Waals surface area contributed by atoms with Crippen molar-refractivity contribution in [2.24, 2.45) is 11.8 Å². The third kappa shape index (κ3) is 6.85. The first kappa shape index (κ1) is 27.9. The van der Waals surface area contributed by atoms with Crippen LogP contribution in [0.3, 0.4) is 0 Å². The number of hydrogen-bond donors (Lipinski definition) is 1. The smallest absolute Gasteiger partial charge is 0.416 e. The Balaban J connectivity index is 1.15. The van der Waals surface area contributed by atoms with E-state index in [1.54, 1.807) is 11.8 Å². The Morgan fingerprint density at radius 1 is 1.00 bits per heavy atom. The average molecular weight is 535 g/mol. The van der Waals surface area contributed by atoms with Crippen LogP contribution in [0.2, 0.25) is 0 Å². The zero-order valence-corrected chi connectivity index (χ0v) is 21.5. The first-order valence-corrected chi connectivity index (χ1v) is 12.9. The van der Waals surface area contributed by atoms with Gasteiger partial charge in [-0.1, -0.05) is 12.1 Å². The highest BCUT2D eigenvalue weighted by molar-refractivity contribution is 5.94. The standard InChI is InChI=1S/C28H33F3N2O5/c1-3-36-24(27(35)37-4-2)15-18-5-11-21(12-6-18)38-14-13-32-25-22-16-33(17-23(22)25)26(34)19-7-9-20(10-8-19)28(29,30)31/h5-12,22-25,32H,3-4,13-17H2,1-2H3/t22-,23+,24-,25?/m0/s1. The fourth-order valence-electron chi connectivity index (χ4n) is 4.96. The summed E-state index contributed by atoms with van der Waals surface area (Å²) < 4.78 is 54.6. The fraction of sp³-hybridized carbons (Fsp3) is 0.500. The third-order valence-electron chi connectivity index (χ3n) is 6.95. The van der Waals surface area contributed by atoms with Crippen molar-refractivity contribution in [3.63, 3.8) is 0 Å². The summed E-state index contributed by atoms with van der Waals surface area (Å²) in [5.41, 5.74) is 0.464. The van der Waals surface area contributed by atoms with Crippen LogP contribution in [0.1, 0.15) is 35.3 Å². The second kappa shape index (κ2) is 12.2. The normalized spacial score (nSPS) is 21.1. The van der Waals surface area contributed by atoms with Crippen LogP contribution in [-0.4, -0.2) is 68.4 Å². The summed E-state index contributed by atoms with van der Waals surface area (Å²) in [4.78, 5) is 26.4. The Bertz CT molecular complexity index is 1080. The van der Waals surface area contributed by atoms with E-state index in [1.807, 2.05) is 31.2 Å². The van der Waals surface area contributed by atoms with Crippen molar-refractivity contribution in [3.8, 4) is 5.75 Å². The maximum Gasteiger partial charge on any atom is 0.416 e. The number of nitrogens with one attached hydrogen (secondary N) is 1. The monoisotopic (exact) mass is 534 g/mol. The summed E-state index contributed by atoms with van der Waals surface area (Å²) in [5, 5.41) is 3.47. The molecule has 1 aliphatic heterocycles. The molecule has 38 heavy (non-hydrogen) atoms. The molecule has 2 aromatic carbocycles. The highest BCUT2D eigenvalue weighted by Crippen LogP contribution is 2.45. The van der Waals surface area contributed by atoms with Crippen LogP contribution >= 0.6 is 0 Å². The molecule has 0 radical (unpaired) electrons. The molecule has 7 nitrogen and oxygen atoms in total.